The molecule has 0 aromatic heterocycles. The van der Waals surface area contributed by atoms with Crippen molar-refractivity contribution in [2.45, 2.75) is 0 Å². The van der Waals surface area contributed by atoms with Gasteiger partial charge < -0.3 is 5.32 Å². The van der Waals surface area contributed by atoms with Crippen molar-refractivity contribution in [3.05, 3.63) is 63.2 Å². The Kier molecular flexibility index (Phi) is 3.90. The minimum absolute atomic E-state index is 0.0936. The van der Waals surface area contributed by atoms with E-state index in [0.29, 0.717) is 5.56 Å². The van der Waals surface area contributed by atoms with Crippen molar-refractivity contribution in [2.75, 3.05) is 5.32 Å². The second kappa shape index (κ2) is 5.43. The summed E-state index contributed by atoms with van der Waals surface area (Å²) in [6.07, 6.45) is 0. The van der Waals surface area contributed by atoms with Crippen LogP contribution in [0.1, 0.15) is 10.4 Å². The van der Waals surface area contributed by atoms with E-state index in [9.17, 15) is 13.6 Å². The molecule has 0 aliphatic heterocycles. The SMILES string of the molecule is O=C(Nc1cc(F)cc(F)c1)c1ccc(I)cc1. The molecule has 0 aliphatic rings. The number of halogens is 3. The molecule has 0 saturated carbocycles. The Labute approximate surface area is 116 Å². The normalized spacial score (nSPS) is 10.2. The Morgan fingerprint density at radius 2 is 1.56 bits per heavy atom. The van der Waals surface area contributed by atoms with Gasteiger partial charge in [0.2, 0.25) is 0 Å². The Morgan fingerprint density at radius 3 is 2.11 bits per heavy atom. The third-order valence-electron chi connectivity index (χ3n) is 2.23. The summed E-state index contributed by atoms with van der Waals surface area (Å²) in [5, 5.41) is 2.44. The summed E-state index contributed by atoms with van der Waals surface area (Å²) < 4.78 is 26.9. The van der Waals surface area contributed by atoms with E-state index in [1.54, 1.807) is 24.3 Å². The number of anilines is 1. The molecule has 0 bridgehead atoms. The van der Waals surface area contributed by atoms with Crippen molar-refractivity contribution in [2.24, 2.45) is 0 Å². The monoisotopic (exact) mass is 359 g/mol. The molecule has 0 saturated heterocycles. The van der Waals surface area contributed by atoms with Gasteiger partial charge in [-0.1, -0.05) is 0 Å². The van der Waals surface area contributed by atoms with Gasteiger partial charge in [-0.05, 0) is 59.0 Å². The van der Waals surface area contributed by atoms with Gasteiger partial charge in [0.05, 0.1) is 0 Å². The van der Waals surface area contributed by atoms with Crippen LogP contribution in [0.15, 0.2) is 42.5 Å². The van der Waals surface area contributed by atoms with Gasteiger partial charge in [0, 0.05) is 20.9 Å². The molecule has 5 heteroatoms. The first-order valence-corrected chi connectivity index (χ1v) is 6.15. The highest BCUT2D eigenvalue weighted by Crippen LogP contribution is 2.14. The van der Waals surface area contributed by atoms with Crippen molar-refractivity contribution in [3.8, 4) is 0 Å². The molecule has 1 amide bonds. The molecule has 92 valence electrons. The number of nitrogens with one attached hydrogen (secondary N) is 1. The van der Waals surface area contributed by atoms with Crippen LogP contribution in [0.25, 0.3) is 0 Å². The predicted molar refractivity (Wildman–Crippen MR) is 73.5 cm³/mol. The first-order chi connectivity index (χ1) is 8.54. The molecule has 18 heavy (non-hydrogen) atoms. The highest BCUT2D eigenvalue weighted by molar-refractivity contribution is 14.1. The van der Waals surface area contributed by atoms with Crippen LogP contribution >= 0.6 is 22.6 Å². The van der Waals surface area contributed by atoms with Crippen molar-refractivity contribution < 1.29 is 13.6 Å². The van der Waals surface area contributed by atoms with Gasteiger partial charge in [-0.2, -0.15) is 0 Å². The largest absolute Gasteiger partial charge is 0.322 e. The van der Waals surface area contributed by atoms with Crippen LogP contribution < -0.4 is 5.32 Å². The van der Waals surface area contributed by atoms with Crippen LogP contribution in [-0.2, 0) is 0 Å². The van der Waals surface area contributed by atoms with Gasteiger partial charge in [0.25, 0.3) is 5.91 Å². The van der Waals surface area contributed by atoms with E-state index < -0.39 is 17.5 Å². The fourth-order valence-electron chi connectivity index (χ4n) is 1.43. The molecule has 0 radical (unpaired) electrons. The second-order valence-corrected chi connectivity index (χ2v) is 4.86. The summed E-state index contributed by atoms with van der Waals surface area (Å²) in [5.41, 5.74) is 0.524. The number of carbonyl (C=O) groups excluding carboxylic acids is 1. The van der Waals surface area contributed by atoms with Gasteiger partial charge in [-0.25, -0.2) is 8.78 Å². The van der Waals surface area contributed by atoms with Crippen LogP contribution in [0.4, 0.5) is 14.5 Å². The minimum Gasteiger partial charge on any atom is -0.322 e. The number of carbonyl (C=O) groups is 1. The molecule has 0 spiro atoms. The standard InChI is InChI=1S/C13H8F2INO/c14-9-5-10(15)7-12(6-9)17-13(18)8-1-3-11(16)4-2-8/h1-7H,(H,17,18). The van der Waals surface area contributed by atoms with Gasteiger partial charge >= 0.3 is 0 Å². The zero-order chi connectivity index (χ0) is 13.1. The zero-order valence-electron chi connectivity index (χ0n) is 9.08. The lowest BCUT2D eigenvalue weighted by atomic mass is 10.2. The number of rotatable bonds is 2. The summed E-state index contributed by atoms with van der Waals surface area (Å²) in [7, 11) is 0. The predicted octanol–water partition coefficient (Wildman–Crippen LogP) is 3.82. The van der Waals surface area contributed by atoms with Crippen molar-refractivity contribution in [1.82, 2.24) is 0 Å². The summed E-state index contributed by atoms with van der Waals surface area (Å²) in [6.45, 7) is 0. The summed E-state index contributed by atoms with van der Waals surface area (Å²) in [6, 6.07) is 9.73. The van der Waals surface area contributed by atoms with Crippen molar-refractivity contribution in [1.29, 1.82) is 0 Å². The van der Waals surface area contributed by atoms with E-state index in [0.717, 1.165) is 21.8 Å². The average molecular weight is 359 g/mol. The van der Waals surface area contributed by atoms with E-state index in [4.69, 9.17) is 0 Å². The van der Waals surface area contributed by atoms with E-state index >= 15 is 0 Å². The molecule has 2 nitrogen and oxygen atoms in total. The van der Waals surface area contributed by atoms with E-state index in [1.165, 1.54) is 0 Å². The maximum absolute atomic E-state index is 12.9. The van der Waals surface area contributed by atoms with Gasteiger partial charge in [0.1, 0.15) is 11.6 Å². The van der Waals surface area contributed by atoms with E-state index in [2.05, 4.69) is 27.9 Å². The summed E-state index contributed by atoms with van der Waals surface area (Å²) in [5.74, 6) is -1.86. The van der Waals surface area contributed by atoms with Crippen LogP contribution in [-0.4, -0.2) is 5.91 Å². The van der Waals surface area contributed by atoms with Crippen LogP contribution in [0, 0.1) is 15.2 Å². The second-order valence-electron chi connectivity index (χ2n) is 3.62. The molecule has 0 heterocycles. The number of hydrogen-bond acceptors (Lipinski definition) is 1. The number of amides is 1. The Balaban J connectivity index is 2.18. The Morgan fingerprint density at radius 1 is 1.00 bits per heavy atom. The van der Waals surface area contributed by atoms with Gasteiger partial charge in [0.15, 0.2) is 0 Å². The maximum atomic E-state index is 12.9. The molecule has 0 unspecified atom stereocenters. The average Bonchev–Trinajstić information content (AvgIpc) is 2.28. The first-order valence-electron chi connectivity index (χ1n) is 5.07. The van der Waals surface area contributed by atoms with Crippen molar-refractivity contribution >= 4 is 34.2 Å². The highest BCUT2D eigenvalue weighted by Gasteiger charge is 2.07. The lowest BCUT2D eigenvalue weighted by molar-refractivity contribution is 0.102. The lowest BCUT2D eigenvalue weighted by Crippen LogP contribution is -2.12. The maximum Gasteiger partial charge on any atom is 0.255 e. The smallest absolute Gasteiger partial charge is 0.255 e. The molecular formula is C13H8F2INO. The fourth-order valence-corrected chi connectivity index (χ4v) is 1.79. The molecule has 0 fully saturated rings. The third kappa shape index (κ3) is 3.25. The van der Waals surface area contributed by atoms with E-state index in [-0.39, 0.29) is 5.69 Å². The molecule has 2 aromatic rings. The minimum atomic E-state index is -0.729. The number of benzene rings is 2. The molecule has 2 rings (SSSR count). The quantitative estimate of drug-likeness (QED) is 0.812. The third-order valence-corrected chi connectivity index (χ3v) is 2.95. The van der Waals surface area contributed by atoms with E-state index in [1.807, 2.05) is 0 Å². The molecule has 0 atom stereocenters. The summed E-state index contributed by atoms with van der Waals surface area (Å²) >= 11 is 2.12. The van der Waals surface area contributed by atoms with Gasteiger partial charge in [-0.3, -0.25) is 4.79 Å². The Hall–Kier alpha value is -1.50. The Bertz CT molecular complexity index is 564. The zero-order valence-corrected chi connectivity index (χ0v) is 11.2. The number of hydrogen-bond donors (Lipinski definition) is 1. The van der Waals surface area contributed by atoms with Crippen LogP contribution in [0.2, 0.25) is 0 Å². The van der Waals surface area contributed by atoms with Crippen LogP contribution in [0.5, 0.6) is 0 Å². The molecular weight excluding hydrogens is 351 g/mol. The lowest BCUT2D eigenvalue weighted by Gasteiger charge is -2.05. The fraction of sp³-hybridized carbons (Fsp3) is 0. The summed E-state index contributed by atoms with van der Waals surface area (Å²) in [4.78, 5) is 11.8. The molecule has 0 aliphatic carbocycles. The highest BCUT2D eigenvalue weighted by atomic mass is 127. The van der Waals surface area contributed by atoms with Crippen molar-refractivity contribution in [3.63, 3.8) is 0 Å². The van der Waals surface area contributed by atoms with Gasteiger partial charge in [-0.15, -0.1) is 0 Å². The topological polar surface area (TPSA) is 29.1 Å². The molecule has 1 N–H and O–H groups in total. The van der Waals surface area contributed by atoms with Crippen LogP contribution in [0.3, 0.4) is 0 Å². The first kappa shape index (κ1) is 12.9. The molecule has 2 aromatic carbocycles.